The lowest BCUT2D eigenvalue weighted by Gasteiger charge is -2.20. The van der Waals surface area contributed by atoms with Crippen LogP contribution in [-0.4, -0.2) is 51.9 Å². The van der Waals surface area contributed by atoms with E-state index >= 15 is 0 Å². The van der Waals surface area contributed by atoms with E-state index in [9.17, 15) is 4.39 Å². The molecule has 0 saturated carbocycles. The second-order valence-electron chi connectivity index (χ2n) is 4.57. The second-order valence-corrected chi connectivity index (χ2v) is 6.01. The van der Waals surface area contributed by atoms with Crippen LogP contribution in [0.4, 0.5) is 10.2 Å². The van der Waals surface area contributed by atoms with Crippen LogP contribution in [0, 0.1) is 0 Å². The van der Waals surface area contributed by atoms with Gasteiger partial charge in [-0.25, -0.2) is 19.3 Å². The van der Waals surface area contributed by atoms with Crippen molar-refractivity contribution in [2.45, 2.75) is 26.5 Å². The summed E-state index contributed by atoms with van der Waals surface area (Å²) in [5.41, 5.74) is 6.78. The van der Waals surface area contributed by atoms with E-state index < -0.39 is 21.2 Å². The SMILES string of the molecule is CCOP(COC(CF)Cn1cnc2c(N)ncnc21)OCC. The van der Waals surface area contributed by atoms with Gasteiger partial charge in [-0.1, -0.05) is 0 Å². The van der Waals surface area contributed by atoms with Gasteiger partial charge < -0.3 is 24.1 Å². The molecule has 0 radical (unpaired) electrons. The van der Waals surface area contributed by atoms with Crippen LogP contribution in [0.15, 0.2) is 12.7 Å². The van der Waals surface area contributed by atoms with Gasteiger partial charge in [-0.2, -0.15) is 0 Å². The Hall–Kier alpha value is -1.41. The average Bonchev–Trinajstić information content (AvgIpc) is 2.96. The summed E-state index contributed by atoms with van der Waals surface area (Å²) in [4.78, 5) is 12.2. The summed E-state index contributed by atoms with van der Waals surface area (Å²) in [7, 11) is -1.16. The Bertz CT molecular complexity index is 608. The molecule has 2 heterocycles. The molecular weight excluding hydrogens is 324 g/mol. The minimum Gasteiger partial charge on any atom is -0.382 e. The average molecular weight is 345 g/mol. The summed E-state index contributed by atoms with van der Waals surface area (Å²) in [6.07, 6.45) is 2.48. The molecule has 2 rings (SSSR count). The highest BCUT2D eigenvalue weighted by Gasteiger charge is 2.17. The predicted octanol–water partition coefficient (Wildman–Crippen LogP) is 2.11. The van der Waals surface area contributed by atoms with Gasteiger partial charge in [-0.3, -0.25) is 0 Å². The van der Waals surface area contributed by atoms with Gasteiger partial charge in [-0.15, -0.1) is 0 Å². The number of halogens is 1. The van der Waals surface area contributed by atoms with Gasteiger partial charge in [0.05, 0.1) is 26.1 Å². The zero-order chi connectivity index (χ0) is 16.7. The smallest absolute Gasteiger partial charge is 0.198 e. The summed E-state index contributed by atoms with van der Waals surface area (Å²) in [5, 5.41) is 0. The van der Waals surface area contributed by atoms with Crippen LogP contribution in [-0.2, 0) is 20.3 Å². The van der Waals surface area contributed by atoms with E-state index in [1.54, 1.807) is 10.9 Å². The zero-order valence-corrected chi connectivity index (χ0v) is 14.1. The number of ether oxygens (including phenoxy) is 1. The van der Waals surface area contributed by atoms with Crippen molar-refractivity contribution in [1.29, 1.82) is 0 Å². The van der Waals surface area contributed by atoms with Crippen LogP contribution in [0.25, 0.3) is 11.2 Å². The zero-order valence-electron chi connectivity index (χ0n) is 13.2. The van der Waals surface area contributed by atoms with Crippen molar-refractivity contribution in [1.82, 2.24) is 19.5 Å². The molecule has 23 heavy (non-hydrogen) atoms. The molecule has 128 valence electrons. The first-order valence-corrected chi connectivity index (χ1v) is 8.68. The number of anilines is 1. The van der Waals surface area contributed by atoms with Crippen LogP contribution in [0.5, 0.6) is 0 Å². The first kappa shape index (κ1) is 17.9. The van der Waals surface area contributed by atoms with Crippen LogP contribution < -0.4 is 5.73 Å². The first-order valence-electron chi connectivity index (χ1n) is 7.31. The van der Waals surface area contributed by atoms with Gasteiger partial charge in [0.15, 0.2) is 19.8 Å². The maximum atomic E-state index is 13.3. The fraction of sp³-hybridized carbons (Fsp3) is 0.615. The molecule has 0 fully saturated rings. The number of rotatable bonds is 10. The summed E-state index contributed by atoms with van der Waals surface area (Å²) in [5.74, 6) is 0.294. The highest BCUT2D eigenvalue weighted by atomic mass is 31.2. The van der Waals surface area contributed by atoms with Crippen LogP contribution in [0.1, 0.15) is 13.8 Å². The van der Waals surface area contributed by atoms with E-state index in [1.165, 1.54) is 6.33 Å². The summed E-state index contributed by atoms with van der Waals surface area (Å²) >= 11 is 0. The Balaban J connectivity index is 1.99. The molecule has 2 N–H and O–H groups in total. The first-order chi connectivity index (χ1) is 11.2. The van der Waals surface area contributed by atoms with Crippen molar-refractivity contribution < 1.29 is 18.2 Å². The molecule has 0 aromatic carbocycles. The molecule has 1 atom stereocenters. The molecule has 10 heteroatoms. The fourth-order valence-electron chi connectivity index (χ4n) is 1.96. The number of nitrogens with zero attached hydrogens (tertiary/aromatic N) is 4. The number of hydrogen-bond donors (Lipinski definition) is 1. The highest BCUT2D eigenvalue weighted by molar-refractivity contribution is 7.47. The number of aromatic nitrogens is 4. The molecule has 0 aliphatic heterocycles. The second kappa shape index (κ2) is 9.02. The quantitative estimate of drug-likeness (QED) is 0.659. The van der Waals surface area contributed by atoms with Gasteiger partial charge in [0.1, 0.15) is 31.0 Å². The Morgan fingerprint density at radius 2 is 2.00 bits per heavy atom. The lowest BCUT2D eigenvalue weighted by molar-refractivity contribution is 0.0448. The maximum Gasteiger partial charge on any atom is 0.198 e. The van der Waals surface area contributed by atoms with E-state index in [4.69, 9.17) is 19.5 Å². The lowest BCUT2D eigenvalue weighted by atomic mass is 10.4. The van der Waals surface area contributed by atoms with Gasteiger partial charge in [-0.05, 0) is 13.8 Å². The van der Waals surface area contributed by atoms with Crippen molar-refractivity contribution in [3.05, 3.63) is 12.7 Å². The molecular formula is C13H21FN5O3P. The number of nitrogen functional groups attached to an aromatic ring is 1. The van der Waals surface area contributed by atoms with E-state index in [2.05, 4.69) is 15.0 Å². The molecule has 2 aromatic rings. The van der Waals surface area contributed by atoms with E-state index in [-0.39, 0.29) is 12.9 Å². The van der Waals surface area contributed by atoms with E-state index in [0.29, 0.717) is 30.2 Å². The van der Waals surface area contributed by atoms with Crippen molar-refractivity contribution >= 4 is 25.4 Å². The van der Waals surface area contributed by atoms with Crippen LogP contribution in [0.2, 0.25) is 0 Å². The molecule has 0 bridgehead atoms. The van der Waals surface area contributed by atoms with E-state index in [0.717, 1.165) is 0 Å². The molecule has 1 unspecified atom stereocenters. The third-order valence-electron chi connectivity index (χ3n) is 2.96. The standard InChI is InChI=1S/C13H21FN5O3P/c1-3-21-23(22-4-2)9-20-10(5-14)6-19-8-18-11-12(15)16-7-17-13(11)19/h7-8,10H,3-6,9H2,1-2H3,(H2,15,16,17). The molecule has 0 amide bonds. The van der Waals surface area contributed by atoms with E-state index in [1.807, 2.05) is 13.8 Å². The summed E-state index contributed by atoms with van der Waals surface area (Å²) in [6, 6.07) is 0. The number of alkyl halides is 1. The van der Waals surface area contributed by atoms with Crippen molar-refractivity contribution in [3.63, 3.8) is 0 Å². The molecule has 2 aromatic heterocycles. The number of nitrogens with two attached hydrogens (primary N) is 1. The maximum absolute atomic E-state index is 13.3. The predicted molar refractivity (Wildman–Crippen MR) is 85.6 cm³/mol. The topological polar surface area (TPSA) is 97.3 Å². The molecule has 0 aliphatic rings. The fourth-order valence-corrected chi connectivity index (χ4v) is 3.10. The van der Waals surface area contributed by atoms with Crippen molar-refractivity contribution in [2.24, 2.45) is 0 Å². The highest BCUT2D eigenvalue weighted by Crippen LogP contribution is 2.38. The van der Waals surface area contributed by atoms with Gasteiger partial charge in [0, 0.05) is 0 Å². The molecule has 0 spiro atoms. The Morgan fingerprint density at radius 1 is 1.26 bits per heavy atom. The normalized spacial score (nSPS) is 13.0. The molecule has 8 nitrogen and oxygen atoms in total. The minimum atomic E-state index is -1.16. The Kier molecular flexibility index (Phi) is 7.04. The third kappa shape index (κ3) is 4.78. The number of hydrogen-bond acceptors (Lipinski definition) is 7. The van der Waals surface area contributed by atoms with Gasteiger partial charge >= 0.3 is 0 Å². The van der Waals surface area contributed by atoms with Crippen LogP contribution in [0.3, 0.4) is 0 Å². The summed E-state index contributed by atoms with van der Waals surface area (Å²) < 4.78 is 31.4. The third-order valence-corrected chi connectivity index (χ3v) is 4.42. The minimum absolute atomic E-state index is 0.218. The Morgan fingerprint density at radius 3 is 2.65 bits per heavy atom. The van der Waals surface area contributed by atoms with Crippen molar-refractivity contribution in [2.75, 3.05) is 32.0 Å². The van der Waals surface area contributed by atoms with Crippen molar-refractivity contribution in [3.8, 4) is 0 Å². The monoisotopic (exact) mass is 345 g/mol. The number of imidazole rings is 1. The van der Waals surface area contributed by atoms with Gasteiger partial charge in [0.2, 0.25) is 0 Å². The summed E-state index contributed by atoms with van der Waals surface area (Å²) in [6.45, 7) is 4.44. The Labute approximate surface area is 135 Å². The largest absolute Gasteiger partial charge is 0.382 e. The molecule has 0 aliphatic carbocycles. The molecule has 0 saturated heterocycles. The lowest BCUT2D eigenvalue weighted by Crippen LogP contribution is -2.23. The van der Waals surface area contributed by atoms with Gasteiger partial charge in [0.25, 0.3) is 0 Å². The number of fused-ring (bicyclic) bond motifs is 1. The van der Waals surface area contributed by atoms with Crippen LogP contribution >= 0.6 is 8.38 Å².